The summed E-state index contributed by atoms with van der Waals surface area (Å²) in [5.74, 6) is -0.633. The zero-order valence-electron chi connectivity index (χ0n) is 17.1. The predicted octanol–water partition coefficient (Wildman–Crippen LogP) is 4.94. The molecule has 152 valence electrons. The summed E-state index contributed by atoms with van der Waals surface area (Å²) in [6.45, 7) is 4.38. The number of carbonyl (C=O) groups is 1. The van der Waals surface area contributed by atoms with Crippen molar-refractivity contribution < 1.29 is 14.6 Å². The Balaban J connectivity index is 1.42. The SMILES string of the molecule is CCc1cc(-c2ccccc2)c2c(c1CC)[C@@H]2Oc1cnc([C@H]2C[C@@H]2C(=O)O)cn1. The van der Waals surface area contributed by atoms with E-state index in [0.717, 1.165) is 18.5 Å². The first kappa shape index (κ1) is 18.8. The van der Waals surface area contributed by atoms with Gasteiger partial charge in [-0.05, 0) is 41.5 Å². The van der Waals surface area contributed by atoms with Crippen molar-refractivity contribution in [3.63, 3.8) is 0 Å². The molecule has 0 saturated heterocycles. The van der Waals surface area contributed by atoms with E-state index in [1.54, 1.807) is 12.4 Å². The summed E-state index contributed by atoms with van der Waals surface area (Å²) in [6.07, 6.45) is 5.79. The summed E-state index contributed by atoms with van der Waals surface area (Å²) in [6, 6.07) is 12.7. The van der Waals surface area contributed by atoms with Crippen molar-refractivity contribution in [1.82, 2.24) is 9.97 Å². The Morgan fingerprint density at radius 1 is 1.10 bits per heavy atom. The molecule has 1 N–H and O–H groups in total. The molecule has 0 radical (unpaired) electrons. The van der Waals surface area contributed by atoms with Crippen molar-refractivity contribution in [2.24, 2.45) is 5.92 Å². The zero-order valence-corrected chi connectivity index (χ0v) is 17.1. The highest BCUT2D eigenvalue weighted by Gasteiger charge is 2.46. The summed E-state index contributed by atoms with van der Waals surface area (Å²) in [5, 5.41) is 9.11. The largest absolute Gasteiger partial charge is 0.481 e. The minimum atomic E-state index is -0.761. The van der Waals surface area contributed by atoms with Gasteiger partial charge in [0, 0.05) is 17.0 Å². The maximum Gasteiger partial charge on any atom is 0.307 e. The average Bonchev–Trinajstić information content (AvgIpc) is 3.69. The van der Waals surface area contributed by atoms with Crippen LogP contribution < -0.4 is 4.74 Å². The number of aryl methyl sites for hydroxylation is 1. The second-order valence-electron chi connectivity index (χ2n) is 8.03. The van der Waals surface area contributed by atoms with Gasteiger partial charge in [-0.2, -0.15) is 0 Å². The van der Waals surface area contributed by atoms with Crippen molar-refractivity contribution in [3.05, 3.63) is 76.7 Å². The number of hydrogen-bond acceptors (Lipinski definition) is 4. The second kappa shape index (κ2) is 7.24. The number of carboxylic acid groups (broad SMARTS) is 1. The lowest BCUT2D eigenvalue weighted by Gasteiger charge is -2.08. The molecule has 2 aromatic carbocycles. The number of fused-ring (bicyclic) bond motifs is 1. The predicted molar refractivity (Wildman–Crippen MR) is 114 cm³/mol. The van der Waals surface area contributed by atoms with E-state index in [2.05, 4.69) is 54.1 Å². The molecule has 5 rings (SSSR count). The molecule has 1 heterocycles. The lowest BCUT2D eigenvalue weighted by atomic mass is 9.97. The smallest absolute Gasteiger partial charge is 0.307 e. The fourth-order valence-electron chi connectivity index (χ4n) is 4.52. The number of aromatic nitrogens is 2. The second-order valence-corrected chi connectivity index (χ2v) is 8.03. The molecule has 1 saturated carbocycles. The molecule has 1 aromatic heterocycles. The number of hydrogen-bond donors (Lipinski definition) is 1. The quantitative estimate of drug-likeness (QED) is 0.608. The first-order valence-corrected chi connectivity index (χ1v) is 10.6. The molecule has 0 bridgehead atoms. The van der Waals surface area contributed by atoms with Crippen LogP contribution in [-0.2, 0) is 17.6 Å². The fourth-order valence-corrected chi connectivity index (χ4v) is 4.52. The first-order valence-electron chi connectivity index (χ1n) is 10.6. The van der Waals surface area contributed by atoms with Crippen LogP contribution in [0.25, 0.3) is 11.1 Å². The van der Waals surface area contributed by atoms with Crippen molar-refractivity contribution in [2.45, 2.75) is 45.1 Å². The highest BCUT2D eigenvalue weighted by Crippen LogP contribution is 2.53. The number of aliphatic carboxylic acids is 1. The molecule has 0 aliphatic heterocycles. The van der Waals surface area contributed by atoms with Crippen LogP contribution >= 0.6 is 0 Å². The topological polar surface area (TPSA) is 72.3 Å². The summed E-state index contributed by atoms with van der Waals surface area (Å²) in [5.41, 5.74) is 8.45. The van der Waals surface area contributed by atoms with Crippen LogP contribution in [0.15, 0.2) is 48.8 Å². The highest BCUT2D eigenvalue weighted by molar-refractivity contribution is 5.79. The molecule has 2 aliphatic carbocycles. The molecular weight excluding hydrogens is 376 g/mol. The van der Waals surface area contributed by atoms with Gasteiger partial charge in [0.15, 0.2) is 6.10 Å². The molecule has 1 fully saturated rings. The van der Waals surface area contributed by atoms with Gasteiger partial charge in [-0.1, -0.05) is 50.2 Å². The molecule has 5 nitrogen and oxygen atoms in total. The Morgan fingerprint density at radius 3 is 2.50 bits per heavy atom. The van der Waals surface area contributed by atoms with Gasteiger partial charge in [0.25, 0.3) is 0 Å². The third kappa shape index (κ3) is 3.15. The van der Waals surface area contributed by atoms with Gasteiger partial charge in [0.05, 0.1) is 24.0 Å². The van der Waals surface area contributed by atoms with E-state index >= 15 is 0 Å². The standard InChI is InChI=1S/C25H24N2O3/c1-3-14-10-17(15-8-6-5-7-9-15)23-22(16(14)4-2)24(23)30-21-13-26-20(12-27-21)18-11-19(18)25(28)29/h5-10,12-13,18-19,24H,3-4,11H2,1-2H3,(H,28,29)/t18-,19-,24-/m0/s1. The van der Waals surface area contributed by atoms with Crippen molar-refractivity contribution >= 4 is 5.97 Å². The molecule has 0 unspecified atom stereocenters. The molecular formula is C25H24N2O3. The van der Waals surface area contributed by atoms with Crippen LogP contribution in [0.3, 0.4) is 0 Å². The lowest BCUT2D eigenvalue weighted by molar-refractivity contribution is -0.138. The average molecular weight is 400 g/mol. The summed E-state index contributed by atoms with van der Waals surface area (Å²) in [4.78, 5) is 19.9. The van der Waals surface area contributed by atoms with Gasteiger partial charge in [0.1, 0.15) is 0 Å². The van der Waals surface area contributed by atoms with E-state index in [0.29, 0.717) is 12.3 Å². The summed E-state index contributed by atoms with van der Waals surface area (Å²) < 4.78 is 6.24. The fraction of sp³-hybridized carbons (Fsp3) is 0.320. The van der Waals surface area contributed by atoms with Crippen LogP contribution in [0.1, 0.15) is 60.2 Å². The molecule has 30 heavy (non-hydrogen) atoms. The molecule has 0 amide bonds. The maximum absolute atomic E-state index is 11.1. The molecule has 0 spiro atoms. The van der Waals surface area contributed by atoms with Crippen molar-refractivity contribution in [1.29, 1.82) is 0 Å². The van der Waals surface area contributed by atoms with Crippen LogP contribution in [0.5, 0.6) is 5.88 Å². The van der Waals surface area contributed by atoms with Gasteiger partial charge in [0.2, 0.25) is 5.88 Å². The van der Waals surface area contributed by atoms with E-state index in [1.165, 1.54) is 33.4 Å². The minimum absolute atomic E-state index is 0.0225. The molecule has 2 aliphatic rings. The first-order chi connectivity index (χ1) is 14.6. The molecule has 3 atom stereocenters. The number of carboxylic acids is 1. The van der Waals surface area contributed by atoms with E-state index in [9.17, 15) is 4.79 Å². The van der Waals surface area contributed by atoms with Gasteiger partial charge in [-0.25, -0.2) is 4.98 Å². The maximum atomic E-state index is 11.1. The van der Waals surface area contributed by atoms with Crippen molar-refractivity contribution in [2.75, 3.05) is 0 Å². The zero-order chi connectivity index (χ0) is 20.8. The van der Waals surface area contributed by atoms with Gasteiger partial charge >= 0.3 is 5.97 Å². The Bertz CT molecular complexity index is 1110. The highest BCUT2D eigenvalue weighted by atomic mass is 16.5. The lowest BCUT2D eigenvalue weighted by Crippen LogP contribution is -2.01. The Morgan fingerprint density at radius 2 is 1.90 bits per heavy atom. The molecule has 5 heteroatoms. The minimum Gasteiger partial charge on any atom is -0.481 e. The van der Waals surface area contributed by atoms with Crippen LogP contribution in [0.2, 0.25) is 0 Å². The Labute approximate surface area is 175 Å². The number of nitrogens with zero attached hydrogens (tertiary/aromatic N) is 2. The van der Waals surface area contributed by atoms with Crippen LogP contribution in [0.4, 0.5) is 0 Å². The summed E-state index contributed by atoms with van der Waals surface area (Å²) in [7, 11) is 0. The van der Waals surface area contributed by atoms with E-state index in [1.807, 2.05) is 6.07 Å². The van der Waals surface area contributed by atoms with Crippen LogP contribution in [0, 0.1) is 5.92 Å². The van der Waals surface area contributed by atoms with E-state index < -0.39 is 5.97 Å². The van der Waals surface area contributed by atoms with Gasteiger partial charge < -0.3 is 9.84 Å². The normalized spacial score (nSPS) is 21.1. The third-order valence-corrected chi connectivity index (χ3v) is 6.25. The van der Waals surface area contributed by atoms with Gasteiger partial charge in [-0.15, -0.1) is 0 Å². The van der Waals surface area contributed by atoms with Gasteiger partial charge in [-0.3, -0.25) is 9.78 Å². The number of ether oxygens (including phenoxy) is 1. The number of rotatable bonds is 7. The van der Waals surface area contributed by atoms with Crippen LogP contribution in [-0.4, -0.2) is 21.0 Å². The summed E-state index contributed by atoms with van der Waals surface area (Å²) >= 11 is 0. The Kier molecular flexibility index (Phi) is 4.54. The monoisotopic (exact) mass is 400 g/mol. The third-order valence-electron chi connectivity index (χ3n) is 6.25. The number of benzene rings is 2. The van der Waals surface area contributed by atoms with Crippen molar-refractivity contribution in [3.8, 4) is 17.0 Å². The molecule has 3 aromatic rings. The Hall–Kier alpha value is -3.21. The van der Waals surface area contributed by atoms with E-state index in [4.69, 9.17) is 9.84 Å². The van der Waals surface area contributed by atoms with E-state index in [-0.39, 0.29) is 17.9 Å².